The molecule has 0 aliphatic carbocycles. The maximum atomic E-state index is 12.0. The van der Waals surface area contributed by atoms with E-state index in [0.29, 0.717) is 11.5 Å². The molecular formula is C30H22O4S. The Morgan fingerprint density at radius 1 is 0.514 bits per heavy atom. The molecule has 4 aromatic carbocycles. The van der Waals surface area contributed by atoms with Gasteiger partial charge in [-0.25, -0.2) is 9.59 Å². The second kappa shape index (κ2) is 12.2. The number of hydrogen-bond donors (Lipinski definition) is 0. The monoisotopic (exact) mass is 478 g/mol. The van der Waals surface area contributed by atoms with Gasteiger partial charge in [0.25, 0.3) is 0 Å². The summed E-state index contributed by atoms with van der Waals surface area (Å²) >= 11 is 1.55. The third-order valence-corrected chi connectivity index (χ3v) is 5.76. The van der Waals surface area contributed by atoms with E-state index in [1.165, 1.54) is 12.2 Å². The zero-order valence-corrected chi connectivity index (χ0v) is 19.6. The van der Waals surface area contributed by atoms with Gasteiger partial charge >= 0.3 is 11.9 Å². The Balaban J connectivity index is 1.27. The molecule has 4 aromatic rings. The Labute approximate surface area is 208 Å². The lowest BCUT2D eigenvalue weighted by atomic mass is 10.2. The van der Waals surface area contributed by atoms with Gasteiger partial charge in [-0.2, -0.15) is 0 Å². The van der Waals surface area contributed by atoms with Crippen molar-refractivity contribution in [3.8, 4) is 11.5 Å². The number of benzene rings is 4. The van der Waals surface area contributed by atoms with Crippen molar-refractivity contribution in [2.45, 2.75) is 9.79 Å². The highest BCUT2D eigenvalue weighted by Crippen LogP contribution is 2.30. The topological polar surface area (TPSA) is 52.6 Å². The zero-order chi connectivity index (χ0) is 24.3. The fraction of sp³-hybridized carbons (Fsp3) is 0. The summed E-state index contributed by atoms with van der Waals surface area (Å²) < 4.78 is 10.7. The number of carbonyl (C=O) groups excluding carboxylic acids is 2. The molecule has 0 bridgehead atoms. The van der Waals surface area contributed by atoms with Crippen molar-refractivity contribution in [3.63, 3.8) is 0 Å². The molecule has 0 unspecified atom stereocenters. The average Bonchev–Trinajstić information content (AvgIpc) is 2.90. The molecule has 0 aliphatic heterocycles. The van der Waals surface area contributed by atoms with Crippen LogP contribution in [0, 0.1) is 0 Å². The van der Waals surface area contributed by atoms with Gasteiger partial charge in [0.2, 0.25) is 0 Å². The standard InChI is InChI=1S/C30H22O4S/c31-29(21-11-23-7-3-1-4-8-23)33-25-13-17-27(18-14-25)35-28-19-15-26(16-20-28)34-30(32)22-12-24-9-5-2-6-10-24/h1-22H. The van der Waals surface area contributed by atoms with Crippen molar-refractivity contribution in [3.05, 3.63) is 132 Å². The van der Waals surface area contributed by atoms with Gasteiger partial charge in [-0.3, -0.25) is 0 Å². The van der Waals surface area contributed by atoms with Crippen LogP contribution in [0.1, 0.15) is 11.1 Å². The molecule has 0 N–H and O–H groups in total. The quantitative estimate of drug-likeness (QED) is 0.154. The molecule has 35 heavy (non-hydrogen) atoms. The molecule has 0 aliphatic rings. The Hall–Kier alpha value is -4.35. The average molecular weight is 479 g/mol. The fourth-order valence-corrected chi connectivity index (χ4v) is 3.86. The van der Waals surface area contributed by atoms with Gasteiger partial charge in [0, 0.05) is 21.9 Å². The number of hydrogen-bond acceptors (Lipinski definition) is 5. The molecule has 0 fully saturated rings. The van der Waals surface area contributed by atoms with E-state index < -0.39 is 11.9 Å². The lowest BCUT2D eigenvalue weighted by molar-refractivity contribution is -0.129. The predicted molar refractivity (Wildman–Crippen MR) is 139 cm³/mol. The highest BCUT2D eigenvalue weighted by Gasteiger charge is 2.04. The van der Waals surface area contributed by atoms with Gasteiger partial charge in [0.1, 0.15) is 11.5 Å². The summed E-state index contributed by atoms with van der Waals surface area (Å²) in [4.78, 5) is 26.0. The molecule has 4 rings (SSSR count). The molecule has 0 amide bonds. The SMILES string of the molecule is O=C(C=Cc1ccccc1)Oc1ccc(Sc2ccc(OC(=O)C=Cc3ccccc3)cc2)cc1. The Morgan fingerprint density at radius 2 is 0.886 bits per heavy atom. The van der Waals surface area contributed by atoms with Crippen LogP contribution in [0.2, 0.25) is 0 Å². The van der Waals surface area contributed by atoms with Crippen LogP contribution in [-0.2, 0) is 9.59 Å². The van der Waals surface area contributed by atoms with Gasteiger partial charge < -0.3 is 9.47 Å². The molecule has 0 aromatic heterocycles. The van der Waals surface area contributed by atoms with Gasteiger partial charge in [-0.15, -0.1) is 0 Å². The maximum absolute atomic E-state index is 12.0. The van der Waals surface area contributed by atoms with Crippen molar-refractivity contribution < 1.29 is 19.1 Å². The first-order chi connectivity index (χ1) is 17.1. The minimum Gasteiger partial charge on any atom is -0.423 e. The van der Waals surface area contributed by atoms with Gasteiger partial charge in [-0.05, 0) is 71.8 Å². The molecule has 0 spiro atoms. The van der Waals surface area contributed by atoms with Crippen LogP contribution in [-0.4, -0.2) is 11.9 Å². The van der Waals surface area contributed by atoms with Crippen LogP contribution in [0.5, 0.6) is 11.5 Å². The van der Waals surface area contributed by atoms with E-state index in [1.807, 2.05) is 84.9 Å². The normalized spacial score (nSPS) is 11.0. The van der Waals surface area contributed by atoms with E-state index in [0.717, 1.165) is 20.9 Å². The van der Waals surface area contributed by atoms with Crippen LogP contribution < -0.4 is 9.47 Å². The minimum atomic E-state index is -0.432. The summed E-state index contributed by atoms with van der Waals surface area (Å²) in [6.07, 6.45) is 6.24. The Kier molecular flexibility index (Phi) is 8.30. The Bertz CT molecular complexity index is 1210. The molecule has 0 atom stereocenters. The van der Waals surface area contributed by atoms with Crippen molar-refractivity contribution in [2.24, 2.45) is 0 Å². The van der Waals surface area contributed by atoms with Crippen LogP contribution in [0.25, 0.3) is 12.2 Å². The van der Waals surface area contributed by atoms with Crippen LogP contribution in [0.15, 0.2) is 131 Å². The lowest BCUT2D eigenvalue weighted by Gasteiger charge is -2.06. The van der Waals surface area contributed by atoms with Gasteiger partial charge in [0.15, 0.2) is 0 Å². The fourth-order valence-electron chi connectivity index (χ4n) is 3.04. The zero-order valence-electron chi connectivity index (χ0n) is 18.7. The molecule has 4 nitrogen and oxygen atoms in total. The van der Waals surface area contributed by atoms with Gasteiger partial charge in [0.05, 0.1) is 0 Å². The minimum absolute atomic E-state index is 0.432. The summed E-state index contributed by atoms with van der Waals surface area (Å²) in [5, 5.41) is 0. The van der Waals surface area contributed by atoms with Crippen molar-refractivity contribution in [1.29, 1.82) is 0 Å². The summed E-state index contributed by atoms with van der Waals surface area (Å²) in [6, 6.07) is 33.7. The van der Waals surface area contributed by atoms with E-state index in [-0.39, 0.29) is 0 Å². The largest absolute Gasteiger partial charge is 0.423 e. The first kappa shape index (κ1) is 23.8. The second-order valence-electron chi connectivity index (χ2n) is 7.38. The number of carbonyl (C=O) groups is 2. The van der Waals surface area contributed by atoms with Crippen molar-refractivity contribution in [1.82, 2.24) is 0 Å². The van der Waals surface area contributed by atoms with E-state index in [2.05, 4.69) is 0 Å². The van der Waals surface area contributed by atoms with Crippen LogP contribution >= 0.6 is 11.8 Å². The van der Waals surface area contributed by atoms with E-state index in [9.17, 15) is 9.59 Å². The lowest BCUT2D eigenvalue weighted by Crippen LogP contribution is -2.03. The molecule has 0 saturated heterocycles. The highest BCUT2D eigenvalue weighted by atomic mass is 32.2. The van der Waals surface area contributed by atoms with Crippen molar-refractivity contribution in [2.75, 3.05) is 0 Å². The molecule has 0 saturated carbocycles. The molecule has 0 heterocycles. The maximum Gasteiger partial charge on any atom is 0.336 e. The smallest absolute Gasteiger partial charge is 0.336 e. The summed E-state index contributed by atoms with van der Waals surface area (Å²) in [7, 11) is 0. The Morgan fingerprint density at radius 3 is 1.26 bits per heavy atom. The van der Waals surface area contributed by atoms with Crippen LogP contribution in [0.4, 0.5) is 0 Å². The summed E-state index contributed by atoms with van der Waals surface area (Å²) in [6.45, 7) is 0. The van der Waals surface area contributed by atoms with Gasteiger partial charge in [-0.1, -0.05) is 72.4 Å². The number of ether oxygens (including phenoxy) is 2. The number of esters is 2. The third kappa shape index (κ3) is 7.88. The second-order valence-corrected chi connectivity index (χ2v) is 8.52. The van der Waals surface area contributed by atoms with E-state index in [1.54, 1.807) is 48.2 Å². The first-order valence-corrected chi connectivity index (χ1v) is 11.7. The van der Waals surface area contributed by atoms with E-state index >= 15 is 0 Å². The predicted octanol–water partition coefficient (Wildman–Crippen LogP) is 7.08. The molecule has 172 valence electrons. The number of rotatable bonds is 8. The summed E-state index contributed by atoms with van der Waals surface area (Å²) in [5.74, 6) is 0.0850. The van der Waals surface area contributed by atoms with E-state index in [4.69, 9.17) is 9.47 Å². The summed E-state index contributed by atoms with van der Waals surface area (Å²) in [5.41, 5.74) is 1.86. The molecule has 0 radical (unpaired) electrons. The molecule has 5 heteroatoms. The first-order valence-electron chi connectivity index (χ1n) is 10.9. The van der Waals surface area contributed by atoms with Crippen molar-refractivity contribution >= 4 is 35.9 Å². The highest BCUT2D eigenvalue weighted by molar-refractivity contribution is 7.99. The van der Waals surface area contributed by atoms with Crippen LogP contribution in [0.3, 0.4) is 0 Å². The third-order valence-electron chi connectivity index (χ3n) is 4.74. The molecular weight excluding hydrogens is 456 g/mol.